The summed E-state index contributed by atoms with van der Waals surface area (Å²) in [5.74, 6) is -1.05. The Labute approximate surface area is 95.0 Å². The molecule has 1 aromatic carbocycles. The summed E-state index contributed by atoms with van der Waals surface area (Å²) >= 11 is 5.66. The van der Waals surface area contributed by atoms with E-state index in [1.165, 1.54) is 19.1 Å². The van der Waals surface area contributed by atoms with Crippen LogP contribution in [0.25, 0.3) is 0 Å². The van der Waals surface area contributed by atoms with Gasteiger partial charge in [-0.25, -0.2) is 0 Å². The highest BCUT2D eigenvalue weighted by atomic mass is 35.5. The molecule has 0 aliphatic heterocycles. The van der Waals surface area contributed by atoms with Gasteiger partial charge >= 0.3 is 6.36 Å². The lowest BCUT2D eigenvalue weighted by atomic mass is 10.1. The summed E-state index contributed by atoms with van der Waals surface area (Å²) in [5, 5.41) is 0.115. The summed E-state index contributed by atoms with van der Waals surface area (Å²) < 4.78 is 40.2. The molecule has 0 fully saturated rings. The SMILES string of the molecule is CC(=O)c1ccc(Cl)c(C)c1OC(F)(F)F. The molecule has 0 unspecified atom stereocenters. The molecule has 0 radical (unpaired) electrons. The second kappa shape index (κ2) is 4.33. The third kappa shape index (κ3) is 2.88. The highest BCUT2D eigenvalue weighted by Gasteiger charge is 2.33. The lowest BCUT2D eigenvalue weighted by molar-refractivity contribution is -0.274. The Hall–Kier alpha value is -1.23. The molecule has 6 heteroatoms. The Bertz CT molecular complexity index is 427. The van der Waals surface area contributed by atoms with E-state index in [0.29, 0.717) is 0 Å². The van der Waals surface area contributed by atoms with Crippen LogP contribution in [0.2, 0.25) is 5.02 Å². The van der Waals surface area contributed by atoms with Crippen molar-refractivity contribution >= 4 is 17.4 Å². The molecule has 0 heterocycles. The average molecular weight is 253 g/mol. The molecule has 1 rings (SSSR count). The maximum absolute atomic E-state index is 12.1. The van der Waals surface area contributed by atoms with E-state index in [-0.39, 0.29) is 16.1 Å². The van der Waals surface area contributed by atoms with Crippen molar-refractivity contribution in [3.63, 3.8) is 0 Å². The number of ether oxygens (including phenoxy) is 1. The van der Waals surface area contributed by atoms with Gasteiger partial charge in [0, 0.05) is 10.6 Å². The van der Waals surface area contributed by atoms with Crippen LogP contribution in [-0.4, -0.2) is 12.1 Å². The van der Waals surface area contributed by atoms with Crippen molar-refractivity contribution < 1.29 is 22.7 Å². The molecule has 0 atom stereocenters. The second-order valence-electron chi connectivity index (χ2n) is 3.15. The maximum atomic E-state index is 12.1. The fraction of sp³-hybridized carbons (Fsp3) is 0.300. The van der Waals surface area contributed by atoms with Gasteiger partial charge in [-0.3, -0.25) is 4.79 Å². The van der Waals surface area contributed by atoms with Crippen molar-refractivity contribution in [2.45, 2.75) is 20.2 Å². The van der Waals surface area contributed by atoms with Gasteiger partial charge in [0.15, 0.2) is 5.78 Å². The van der Waals surface area contributed by atoms with Crippen LogP contribution in [0.15, 0.2) is 12.1 Å². The minimum absolute atomic E-state index is 0.0895. The van der Waals surface area contributed by atoms with Crippen molar-refractivity contribution in [1.29, 1.82) is 0 Å². The molecule has 88 valence electrons. The van der Waals surface area contributed by atoms with Crippen LogP contribution in [0.1, 0.15) is 22.8 Å². The molecule has 0 saturated carbocycles. The Kier molecular flexibility index (Phi) is 3.48. The van der Waals surface area contributed by atoms with Gasteiger partial charge < -0.3 is 4.74 Å². The minimum atomic E-state index is -4.85. The van der Waals surface area contributed by atoms with Gasteiger partial charge in [-0.15, -0.1) is 13.2 Å². The highest BCUT2D eigenvalue weighted by molar-refractivity contribution is 6.31. The van der Waals surface area contributed by atoms with Gasteiger partial charge in [-0.05, 0) is 26.0 Å². The Morgan fingerprint density at radius 3 is 2.38 bits per heavy atom. The van der Waals surface area contributed by atoms with Crippen LogP contribution < -0.4 is 4.74 Å². The summed E-state index contributed by atoms with van der Waals surface area (Å²) in [5.41, 5.74) is -0.0501. The number of ketones is 1. The van der Waals surface area contributed by atoms with Crippen molar-refractivity contribution in [2.75, 3.05) is 0 Å². The number of hydrogen-bond acceptors (Lipinski definition) is 2. The quantitative estimate of drug-likeness (QED) is 0.750. The van der Waals surface area contributed by atoms with Crippen molar-refractivity contribution in [3.8, 4) is 5.75 Å². The first-order chi connectivity index (χ1) is 7.22. The molecule has 0 N–H and O–H groups in total. The predicted molar refractivity (Wildman–Crippen MR) is 52.9 cm³/mol. The highest BCUT2D eigenvalue weighted by Crippen LogP contribution is 2.34. The summed E-state index contributed by atoms with van der Waals surface area (Å²) in [6.45, 7) is 2.52. The van der Waals surface area contributed by atoms with Crippen LogP contribution in [-0.2, 0) is 0 Å². The summed E-state index contributed by atoms with van der Waals surface area (Å²) in [6, 6.07) is 2.57. The molecule has 2 nitrogen and oxygen atoms in total. The lowest BCUT2D eigenvalue weighted by Gasteiger charge is -2.15. The minimum Gasteiger partial charge on any atom is -0.405 e. The fourth-order valence-electron chi connectivity index (χ4n) is 1.19. The molecule has 0 aromatic heterocycles. The van der Waals surface area contributed by atoms with E-state index in [1.54, 1.807) is 0 Å². The average Bonchev–Trinajstić information content (AvgIpc) is 2.10. The van der Waals surface area contributed by atoms with Crippen molar-refractivity contribution in [2.24, 2.45) is 0 Å². The first kappa shape index (κ1) is 12.8. The normalized spacial score (nSPS) is 11.4. The number of benzene rings is 1. The van der Waals surface area contributed by atoms with Gasteiger partial charge in [0.1, 0.15) is 5.75 Å². The monoisotopic (exact) mass is 252 g/mol. The Morgan fingerprint density at radius 1 is 1.38 bits per heavy atom. The topological polar surface area (TPSA) is 26.3 Å². The van der Waals surface area contributed by atoms with Crippen molar-refractivity contribution in [1.82, 2.24) is 0 Å². The second-order valence-corrected chi connectivity index (χ2v) is 3.56. The van der Waals surface area contributed by atoms with Gasteiger partial charge in [-0.2, -0.15) is 0 Å². The standard InChI is InChI=1S/C10H8ClF3O2/c1-5-8(11)4-3-7(6(2)15)9(5)16-10(12,13)14/h3-4H,1-2H3. The molecule has 0 aliphatic carbocycles. The van der Waals surface area contributed by atoms with Crippen LogP contribution in [0, 0.1) is 6.92 Å². The lowest BCUT2D eigenvalue weighted by Crippen LogP contribution is -2.19. The third-order valence-electron chi connectivity index (χ3n) is 1.94. The first-order valence-corrected chi connectivity index (χ1v) is 4.66. The van der Waals surface area contributed by atoms with Crippen LogP contribution in [0.3, 0.4) is 0 Å². The number of hydrogen-bond donors (Lipinski definition) is 0. The zero-order chi connectivity index (χ0) is 12.5. The fourth-order valence-corrected chi connectivity index (χ4v) is 1.34. The van der Waals surface area contributed by atoms with Crippen LogP contribution in [0.4, 0.5) is 13.2 Å². The number of alkyl halides is 3. The molecule has 0 bridgehead atoms. The van der Waals surface area contributed by atoms with E-state index in [1.807, 2.05) is 0 Å². The van der Waals surface area contributed by atoms with E-state index < -0.39 is 17.9 Å². The van der Waals surface area contributed by atoms with Gasteiger partial charge in [0.05, 0.1) is 5.56 Å². The van der Waals surface area contributed by atoms with Crippen molar-refractivity contribution in [3.05, 3.63) is 28.3 Å². The van der Waals surface area contributed by atoms with E-state index in [4.69, 9.17) is 11.6 Å². The zero-order valence-corrected chi connectivity index (χ0v) is 9.24. The van der Waals surface area contributed by atoms with Gasteiger partial charge in [0.25, 0.3) is 0 Å². The van der Waals surface area contributed by atoms with Gasteiger partial charge in [-0.1, -0.05) is 11.6 Å². The first-order valence-electron chi connectivity index (χ1n) is 4.28. The Balaban J connectivity index is 3.32. The molecular formula is C10H8ClF3O2. The van der Waals surface area contributed by atoms with E-state index in [2.05, 4.69) is 4.74 Å². The molecule has 16 heavy (non-hydrogen) atoms. The van der Waals surface area contributed by atoms with Crippen LogP contribution >= 0.6 is 11.6 Å². The van der Waals surface area contributed by atoms with E-state index in [0.717, 1.165) is 6.92 Å². The number of carbonyl (C=O) groups excluding carboxylic acids is 1. The largest absolute Gasteiger partial charge is 0.573 e. The third-order valence-corrected chi connectivity index (χ3v) is 2.35. The summed E-state index contributed by atoms with van der Waals surface area (Å²) in [4.78, 5) is 11.1. The Morgan fingerprint density at radius 2 is 1.94 bits per heavy atom. The summed E-state index contributed by atoms with van der Waals surface area (Å²) in [7, 11) is 0. The molecular weight excluding hydrogens is 245 g/mol. The molecule has 0 spiro atoms. The number of Topliss-reactive ketones (excluding diaryl/α,β-unsaturated/α-hetero) is 1. The number of halogens is 4. The summed E-state index contributed by atoms with van der Waals surface area (Å²) in [6.07, 6.45) is -4.85. The zero-order valence-electron chi connectivity index (χ0n) is 8.48. The van der Waals surface area contributed by atoms with Gasteiger partial charge in [0.2, 0.25) is 0 Å². The molecule has 0 amide bonds. The van der Waals surface area contributed by atoms with E-state index >= 15 is 0 Å². The smallest absolute Gasteiger partial charge is 0.405 e. The van der Waals surface area contributed by atoms with Crippen LogP contribution in [0.5, 0.6) is 5.75 Å². The van der Waals surface area contributed by atoms with E-state index in [9.17, 15) is 18.0 Å². The molecule has 1 aromatic rings. The predicted octanol–water partition coefficient (Wildman–Crippen LogP) is 3.75. The maximum Gasteiger partial charge on any atom is 0.573 e. The number of rotatable bonds is 2. The molecule has 0 aliphatic rings. The molecule has 0 saturated heterocycles. The number of carbonyl (C=O) groups is 1.